The van der Waals surface area contributed by atoms with Gasteiger partial charge in [0.05, 0.1) is 16.8 Å². The van der Waals surface area contributed by atoms with Gasteiger partial charge in [-0.05, 0) is 105 Å². The zero-order valence-corrected chi connectivity index (χ0v) is 32.0. The van der Waals surface area contributed by atoms with Crippen LogP contribution < -0.4 is 4.90 Å². The minimum absolute atomic E-state index is 0.850. The third-order valence-electron chi connectivity index (χ3n) is 11.9. The van der Waals surface area contributed by atoms with Gasteiger partial charge < -0.3 is 13.7 Å². The van der Waals surface area contributed by atoms with Crippen LogP contribution in [0.4, 0.5) is 17.1 Å². The summed E-state index contributed by atoms with van der Waals surface area (Å²) in [5.41, 5.74) is 13.6. The molecule has 12 rings (SSSR count). The van der Waals surface area contributed by atoms with Crippen LogP contribution in [-0.4, -0.2) is 0 Å². The first kappa shape index (κ1) is 33.3. The number of nitrogens with zero attached hydrogens (tertiary/aromatic N) is 1. The molecule has 0 aliphatic heterocycles. The van der Waals surface area contributed by atoms with E-state index in [1.165, 1.54) is 27.5 Å². The van der Waals surface area contributed by atoms with Crippen LogP contribution in [0.5, 0.6) is 0 Å². The largest absolute Gasteiger partial charge is 0.456 e. The van der Waals surface area contributed by atoms with Crippen LogP contribution in [0.2, 0.25) is 0 Å². The molecular formula is C56H35NO2. The van der Waals surface area contributed by atoms with Gasteiger partial charge in [-0.2, -0.15) is 0 Å². The Morgan fingerprint density at radius 3 is 1.73 bits per heavy atom. The highest BCUT2D eigenvalue weighted by atomic mass is 16.3. The second-order valence-corrected chi connectivity index (χ2v) is 15.3. The van der Waals surface area contributed by atoms with Crippen molar-refractivity contribution in [2.75, 3.05) is 4.90 Å². The van der Waals surface area contributed by atoms with Crippen LogP contribution in [0.25, 0.3) is 98.8 Å². The van der Waals surface area contributed by atoms with Crippen LogP contribution >= 0.6 is 0 Å². The summed E-state index contributed by atoms with van der Waals surface area (Å²) in [7, 11) is 0. The van der Waals surface area contributed by atoms with Crippen molar-refractivity contribution in [2.24, 2.45) is 0 Å². The van der Waals surface area contributed by atoms with Gasteiger partial charge in [-0.1, -0.05) is 152 Å². The van der Waals surface area contributed by atoms with E-state index in [2.05, 4.69) is 205 Å². The third kappa shape index (κ3) is 5.51. The second kappa shape index (κ2) is 13.4. The number of benzene rings is 10. The smallest absolute Gasteiger partial charge is 0.143 e. The molecule has 0 spiro atoms. The Balaban J connectivity index is 1.01. The lowest BCUT2D eigenvalue weighted by molar-refractivity contribution is 0.669. The molecule has 10 aromatic carbocycles. The summed E-state index contributed by atoms with van der Waals surface area (Å²) in [6.45, 7) is 0. The van der Waals surface area contributed by atoms with Crippen molar-refractivity contribution in [2.45, 2.75) is 0 Å². The molecule has 59 heavy (non-hydrogen) atoms. The Labute approximate surface area is 340 Å². The van der Waals surface area contributed by atoms with Crippen molar-refractivity contribution < 1.29 is 8.83 Å². The molecule has 0 bridgehead atoms. The van der Waals surface area contributed by atoms with Gasteiger partial charge in [0.15, 0.2) is 0 Å². The van der Waals surface area contributed by atoms with Gasteiger partial charge in [-0.3, -0.25) is 0 Å². The molecule has 0 saturated heterocycles. The Morgan fingerprint density at radius 2 is 0.881 bits per heavy atom. The van der Waals surface area contributed by atoms with Crippen LogP contribution in [0.3, 0.4) is 0 Å². The number of furan rings is 2. The van der Waals surface area contributed by atoms with Gasteiger partial charge >= 0.3 is 0 Å². The van der Waals surface area contributed by atoms with Crippen molar-refractivity contribution in [1.29, 1.82) is 0 Å². The first-order chi connectivity index (χ1) is 29.2. The molecule has 2 heterocycles. The number of para-hydroxylation sites is 2. The fraction of sp³-hybridized carbons (Fsp3) is 0. The molecule has 0 fully saturated rings. The average Bonchev–Trinajstić information content (AvgIpc) is 3.88. The van der Waals surface area contributed by atoms with E-state index in [9.17, 15) is 0 Å². The Bertz CT molecular complexity index is 3550. The maximum absolute atomic E-state index is 6.72. The minimum atomic E-state index is 0.850. The highest BCUT2D eigenvalue weighted by Gasteiger charge is 2.23. The van der Waals surface area contributed by atoms with Crippen LogP contribution in [0.15, 0.2) is 221 Å². The molecule has 12 aromatic rings. The van der Waals surface area contributed by atoms with E-state index in [1.54, 1.807) is 0 Å². The SMILES string of the molecule is c1ccc(N(c2ccc(-c3ccc(-c4ccc5ccccc5c4)cc3)cc2)c2cccc3oc4c5ccccc5ccc4c23)c(-c2ccc3c(c2)oc2ccccc23)c1. The summed E-state index contributed by atoms with van der Waals surface area (Å²) >= 11 is 0. The van der Waals surface area contributed by atoms with E-state index >= 15 is 0 Å². The second-order valence-electron chi connectivity index (χ2n) is 15.3. The summed E-state index contributed by atoms with van der Waals surface area (Å²) in [5, 5.41) is 9.16. The maximum Gasteiger partial charge on any atom is 0.143 e. The van der Waals surface area contributed by atoms with Crippen LogP contribution in [0.1, 0.15) is 0 Å². The molecule has 0 amide bonds. The molecule has 0 atom stereocenters. The van der Waals surface area contributed by atoms with Gasteiger partial charge in [0.1, 0.15) is 22.3 Å². The minimum Gasteiger partial charge on any atom is -0.456 e. The number of hydrogen-bond donors (Lipinski definition) is 0. The van der Waals surface area contributed by atoms with Crippen molar-refractivity contribution in [3.05, 3.63) is 212 Å². The number of hydrogen-bond acceptors (Lipinski definition) is 3. The number of anilines is 3. The van der Waals surface area contributed by atoms with Gasteiger partial charge in [0.2, 0.25) is 0 Å². The Kier molecular flexibility index (Phi) is 7.54. The van der Waals surface area contributed by atoms with E-state index in [0.29, 0.717) is 0 Å². The summed E-state index contributed by atoms with van der Waals surface area (Å²) < 4.78 is 13.1. The lowest BCUT2D eigenvalue weighted by Crippen LogP contribution is -2.11. The van der Waals surface area contributed by atoms with E-state index in [4.69, 9.17) is 8.83 Å². The lowest BCUT2D eigenvalue weighted by atomic mass is 9.97. The van der Waals surface area contributed by atoms with Gasteiger partial charge in [-0.15, -0.1) is 0 Å². The predicted molar refractivity (Wildman–Crippen MR) is 247 cm³/mol. The third-order valence-corrected chi connectivity index (χ3v) is 11.9. The van der Waals surface area contributed by atoms with E-state index < -0.39 is 0 Å². The standard InChI is InChI=1S/C56H35NO2/c1-2-12-41-34-42(25-24-36(41)10-1)39-22-20-37(21-23-39)38-26-30-44(31-27-38)57(51-17-9-19-53-55(51)49-33-28-40-11-3-4-14-46(40)56(49)59-53)50-16-7-5-13-45(50)43-29-32-48-47-15-6-8-18-52(47)58-54(48)35-43/h1-35H. The molecule has 3 heteroatoms. The first-order valence-electron chi connectivity index (χ1n) is 20.1. The van der Waals surface area contributed by atoms with E-state index in [-0.39, 0.29) is 0 Å². The van der Waals surface area contributed by atoms with E-state index in [1.807, 2.05) is 12.1 Å². The van der Waals surface area contributed by atoms with E-state index in [0.717, 1.165) is 88.4 Å². The highest BCUT2D eigenvalue weighted by molar-refractivity contribution is 6.20. The topological polar surface area (TPSA) is 29.5 Å². The predicted octanol–water partition coefficient (Wildman–Crippen LogP) is 16.3. The summed E-state index contributed by atoms with van der Waals surface area (Å²) in [6, 6.07) is 75.8. The summed E-state index contributed by atoms with van der Waals surface area (Å²) in [4.78, 5) is 2.39. The van der Waals surface area contributed by atoms with Crippen molar-refractivity contribution in [1.82, 2.24) is 0 Å². The molecule has 3 nitrogen and oxygen atoms in total. The Hall–Kier alpha value is -7.88. The first-order valence-corrected chi connectivity index (χ1v) is 20.1. The number of fused-ring (bicyclic) bond motifs is 9. The maximum atomic E-state index is 6.72. The normalized spacial score (nSPS) is 11.7. The van der Waals surface area contributed by atoms with Crippen LogP contribution in [0, 0.1) is 0 Å². The fourth-order valence-electron chi connectivity index (χ4n) is 8.96. The van der Waals surface area contributed by atoms with Crippen molar-refractivity contribution in [3.63, 3.8) is 0 Å². The molecule has 0 saturated carbocycles. The molecule has 0 aliphatic rings. The van der Waals surface area contributed by atoms with Gasteiger partial charge in [0.25, 0.3) is 0 Å². The zero-order chi connectivity index (χ0) is 38.9. The summed E-state index contributed by atoms with van der Waals surface area (Å²) in [6.07, 6.45) is 0. The monoisotopic (exact) mass is 753 g/mol. The zero-order valence-electron chi connectivity index (χ0n) is 32.0. The van der Waals surface area contributed by atoms with Crippen LogP contribution in [-0.2, 0) is 0 Å². The van der Waals surface area contributed by atoms with Crippen molar-refractivity contribution >= 4 is 82.5 Å². The number of rotatable bonds is 6. The Morgan fingerprint density at radius 1 is 0.305 bits per heavy atom. The average molecular weight is 754 g/mol. The highest BCUT2D eigenvalue weighted by Crippen LogP contribution is 2.47. The molecule has 2 aromatic heterocycles. The van der Waals surface area contributed by atoms with Crippen molar-refractivity contribution in [3.8, 4) is 33.4 Å². The van der Waals surface area contributed by atoms with Gasteiger partial charge in [-0.25, -0.2) is 0 Å². The molecule has 0 radical (unpaired) electrons. The lowest BCUT2D eigenvalue weighted by Gasteiger charge is -2.28. The fourth-order valence-corrected chi connectivity index (χ4v) is 8.96. The molecule has 0 aliphatic carbocycles. The molecule has 276 valence electrons. The summed E-state index contributed by atoms with van der Waals surface area (Å²) in [5.74, 6) is 0. The van der Waals surface area contributed by atoms with Gasteiger partial charge in [0, 0.05) is 32.8 Å². The quantitative estimate of drug-likeness (QED) is 0.169. The molecule has 0 unspecified atom stereocenters. The molecular weight excluding hydrogens is 719 g/mol. The molecule has 0 N–H and O–H groups in total.